The van der Waals surface area contributed by atoms with Crippen LogP contribution >= 0.6 is 23.1 Å². The van der Waals surface area contributed by atoms with Crippen LogP contribution in [0.15, 0.2) is 88.3 Å². The predicted molar refractivity (Wildman–Crippen MR) is 150 cm³/mol. The van der Waals surface area contributed by atoms with Gasteiger partial charge in [-0.05, 0) is 55.5 Å². The molecule has 10 heteroatoms. The lowest BCUT2D eigenvalue weighted by molar-refractivity contribution is -0.144. The van der Waals surface area contributed by atoms with E-state index in [1.165, 1.54) is 6.92 Å². The third-order valence-corrected chi connectivity index (χ3v) is 8.04. The van der Waals surface area contributed by atoms with Crippen molar-refractivity contribution in [2.24, 2.45) is 0 Å². The highest BCUT2D eigenvalue weighted by Crippen LogP contribution is 2.34. The van der Waals surface area contributed by atoms with Gasteiger partial charge in [0, 0.05) is 33.6 Å². The van der Waals surface area contributed by atoms with E-state index in [-0.39, 0.29) is 0 Å². The Balaban J connectivity index is 1.28. The molecule has 0 saturated carbocycles. The van der Waals surface area contributed by atoms with Gasteiger partial charge >= 0.3 is 5.97 Å². The number of aromatic nitrogens is 3. The number of carboxylic acids is 1. The Labute approximate surface area is 233 Å². The van der Waals surface area contributed by atoms with Crippen molar-refractivity contribution in [1.82, 2.24) is 15.1 Å². The van der Waals surface area contributed by atoms with E-state index in [0.29, 0.717) is 29.8 Å². The topological polar surface area (TPSA) is 108 Å². The Kier molecular flexibility index (Phi) is 8.24. The predicted octanol–water partition coefficient (Wildman–Crippen LogP) is 6.89. The number of thiazole rings is 1. The second-order valence-corrected chi connectivity index (χ2v) is 10.7. The summed E-state index contributed by atoms with van der Waals surface area (Å²) < 4.78 is 16.6. The van der Waals surface area contributed by atoms with E-state index in [0.717, 1.165) is 37.4 Å². The highest BCUT2D eigenvalue weighted by atomic mass is 32.2. The fraction of sp³-hybridized carbons (Fsp3) is 0.172. The number of hydrogen-bond acceptors (Lipinski definition) is 9. The SMILES string of the molecule is Cc1nc(-c2ccc(OCc3nc(-c4ccccc4)sc3CSc3ccc(OC(C)C(=O)O)cc3)cc2)no1. The maximum atomic E-state index is 11.0. The van der Waals surface area contributed by atoms with Crippen LogP contribution in [0, 0.1) is 6.92 Å². The van der Waals surface area contributed by atoms with Crippen LogP contribution in [0.5, 0.6) is 11.5 Å². The summed E-state index contributed by atoms with van der Waals surface area (Å²) in [6, 6.07) is 25.1. The monoisotopic (exact) mass is 559 g/mol. The van der Waals surface area contributed by atoms with Crippen molar-refractivity contribution in [2.75, 3.05) is 0 Å². The van der Waals surface area contributed by atoms with Gasteiger partial charge in [0.1, 0.15) is 23.1 Å². The molecule has 39 heavy (non-hydrogen) atoms. The molecule has 0 amide bonds. The van der Waals surface area contributed by atoms with Gasteiger partial charge in [0.2, 0.25) is 11.7 Å². The summed E-state index contributed by atoms with van der Waals surface area (Å²) in [7, 11) is 0. The van der Waals surface area contributed by atoms with Crippen LogP contribution in [0.2, 0.25) is 0 Å². The summed E-state index contributed by atoms with van der Waals surface area (Å²) in [5.41, 5.74) is 2.80. The average Bonchev–Trinajstić information content (AvgIpc) is 3.58. The largest absolute Gasteiger partial charge is 0.487 e. The summed E-state index contributed by atoms with van der Waals surface area (Å²) >= 11 is 3.33. The van der Waals surface area contributed by atoms with Gasteiger partial charge in [-0.25, -0.2) is 9.78 Å². The van der Waals surface area contributed by atoms with E-state index in [9.17, 15) is 4.79 Å². The van der Waals surface area contributed by atoms with Gasteiger partial charge in [-0.2, -0.15) is 4.98 Å². The Morgan fingerprint density at radius 2 is 1.69 bits per heavy atom. The normalized spacial score (nSPS) is 11.7. The average molecular weight is 560 g/mol. The molecule has 0 fully saturated rings. The highest BCUT2D eigenvalue weighted by Gasteiger charge is 2.15. The van der Waals surface area contributed by atoms with Gasteiger partial charge in [-0.3, -0.25) is 0 Å². The van der Waals surface area contributed by atoms with Crippen molar-refractivity contribution in [3.8, 4) is 33.5 Å². The van der Waals surface area contributed by atoms with Crippen LogP contribution in [-0.2, 0) is 17.2 Å². The third-order valence-electron chi connectivity index (χ3n) is 5.67. The summed E-state index contributed by atoms with van der Waals surface area (Å²) in [5.74, 6) is 2.02. The zero-order chi connectivity index (χ0) is 27.2. The molecule has 1 unspecified atom stereocenters. The number of benzene rings is 3. The quantitative estimate of drug-likeness (QED) is 0.173. The zero-order valence-electron chi connectivity index (χ0n) is 21.2. The van der Waals surface area contributed by atoms with Gasteiger partial charge in [-0.1, -0.05) is 35.5 Å². The second-order valence-electron chi connectivity index (χ2n) is 8.56. The summed E-state index contributed by atoms with van der Waals surface area (Å²) in [5, 5.41) is 13.9. The van der Waals surface area contributed by atoms with Gasteiger partial charge in [0.25, 0.3) is 0 Å². The summed E-state index contributed by atoms with van der Waals surface area (Å²) in [6.07, 6.45) is -0.904. The van der Waals surface area contributed by atoms with Crippen LogP contribution in [0.4, 0.5) is 0 Å². The zero-order valence-corrected chi connectivity index (χ0v) is 22.9. The number of aryl methyl sites for hydroxylation is 1. The molecule has 5 aromatic rings. The Morgan fingerprint density at radius 1 is 0.974 bits per heavy atom. The third kappa shape index (κ3) is 6.84. The molecule has 5 rings (SSSR count). The first kappa shape index (κ1) is 26.5. The van der Waals surface area contributed by atoms with Crippen molar-refractivity contribution in [2.45, 2.75) is 37.2 Å². The summed E-state index contributed by atoms with van der Waals surface area (Å²) in [4.78, 5) is 22.4. The molecule has 2 heterocycles. The van der Waals surface area contributed by atoms with Gasteiger partial charge in [0.15, 0.2) is 6.10 Å². The molecule has 0 aliphatic heterocycles. The number of carbonyl (C=O) groups is 1. The van der Waals surface area contributed by atoms with E-state index >= 15 is 0 Å². The second kappa shape index (κ2) is 12.1. The molecule has 1 N–H and O–H groups in total. The molecular weight excluding hydrogens is 534 g/mol. The minimum absolute atomic E-state index is 0.333. The highest BCUT2D eigenvalue weighted by molar-refractivity contribution is 7.98. The van der Waals surface area contributed by atoms with Crippen LogP contribution in [0.25, 0.3) is 22.0 Å². The molecule has 0 radical (unpaired) electrons. The Hall–Kier alpha value is -4.15. The van der Waals surface area contributed by atoms with Crippen molar-refractivity contribution in [1.29, 1.82) is 0 Å². The molecule has 0 saturated heterocycles. The van der Waals surface area contributed by atoms with E-state index in [4.69, 9.17) is 24.1 Å². The molecular formula is C29H25N3O5S2. The molecule has 198 valence electrons. The lowest BCUT2D eigenvalue weighted by Gasteiger charge is -2.10. The molecule has 3 aromatic carbocycles. The first-order chi connectivity index (χ1) is 18.9. The van der Waals surface area contributed by atoms with Crippen molar-refractivity contribution in [3.05, 3.63) is 95.3 Å². The number of ether oxygens (including phenoxy) is 2. The first-order valence-electron chi connectivity index (χ1n) is 12.1. The molecule has 0 aliphatic carbocycles. The Morgan fingerprint density at radius 3 is 2.36 bits per heavy atom. The first-order valence-corrected chi connectivity index (χ1v) is 13.9. The molecule has 0 bridgehead atoms. The standard InChI is InChI=1S/C29H25N3O5S2/c1-18(29(33)34)36-23-12-14-24(15-13-23)38-17-26-25(31-28(39-26)21-6-4-3-5-7-21)16-35-22-10-8-20(9-11-22)27-30-19(2)37-32-27/h3-15,18H,16-17H2,1-2H3,(H,33,34). The van der Waals surface area contributed by atoms with Crippen molar-refractivity contribution in [3.63, 3.8) is 0 Å². The lowest BCUT2D eigenvalue weighted by atomic mass is 10.2. The number of thioether (sulfide) groups is 1. The maximum Gasteiger partial charge on any atom is 0.344 e. The van der Waals surface area contributed by atoms with Crippen LogP contribution in [0.1, 0.15) is 23.4 Å². The van der Waals surface area contributed by atoms with E-state index < -0.39 is 12.1 Å². The van der Waals surface area contributed by atoms with E-state index in [1.54, 1.807) is 42.2 Å². The smallest absolute Gasteiger partial charge is 0.344 e. The lowest BCUT2D eigenvalue weighted by Crippen LogP contribution is -2.22. The van der Waals surface area contributed by atoms with E-state index in [2.05, 4.69) is 22.3 Å². The molecule has 8 nitrogen and oxygen atoms in total. The number of nitrogens with zero attached hydrogens (tertiary/aromatic N) is 3. The van der Waals surface area contributed by atoms with Crippen LogP contribution < -0.4 is 9.47 Å². The van der Waals surface area contributed by atoms with Gasteiger partial charge in [-0.15, -0.1) is 23.1 Å². The van der Waals surface area contributed by atoms with Gasteiger partial charge < -0.3 is 19.1 Å². The molecule has 2 aromatic heterocycles. The minimum Gasteiger partial charge on any atom is -0.487 e. The molecule has 0 spiro atoms. The number of hydrogen-bond donors (Lipinski definition) is 1. The fourth-order valence-corrected chi connectivity index (χ4v) is 5.67. The molecule has 0 aliphatic rings. The number of rotatable bonds is 11. The fourth-order valence-electron chi connectivity index (χ4n) is 3.60. The number of carboxylic acid groups (broad SMARTS) is 1. The van der Waals surface area contributed by atoms with Crippen LogP contribution in [0.3, 0.4) is 0 Å². The maximum absolute atomic E-state index is 11.0. The van der Waals surface area contributed by atoms with E-state index in [1.807, 2.05) is 54.6 Å². The van der Waals surface area contributed by atoms with Crippen LogP contribution in [-0.4, -0.2) is 32.3 Å². The summed E-state index contributed by atoms with van der Waals surface area (Å²) in [6.45, 7) is 3.60. The molecule has 1 atom stereocenters. The van der Waals surface area contributed by atoms with Gasteiger partial charge in [0.05, 0.1) is 5.69 Å². The van der Waals surface area contributed by atoms with Crippen molar-refractivity contribution < 1.29 is 23.9 Å². The Bertz CT molecular complexity index is 1530. The number of aliphatic carboxylic acids is 1. The van der Waals surface area contributed by atoms with Crippen molar-refractivity contribution >= 4 is 29.1 Å². The minimum atomic E-state index is -0.999.